The molecule has 2 aromatic heterocycles. The van der Waals surface area contributed by atoms with E-state index in [0.29, 0.717) is 29.8 Å². The molecular weight excluding hydrogens is 360 g/mol. The molecule has 0 aliphatic carbocycles. The number of nitrogens with zero attached hydrogens (tertiary/aromatic N) is 2. The van der Waals surface area contributed by atoms with Crippen LogP contribution in [0.2, 0.25) is 0 Å². The molecule has 0 amide bonds. The van der Waals surface area contributed by atoms with Gasteiger partial charge in [-0.2, -0.15) is 0 Å². The number of fused-ring (bicyclic) bond motifs is 1. The van der Waals surface area contributed by atoms with Crippen molar-refractivity contribution in [1.29, 1.82) is 0 Å². The molecule has 0 atom stereocenters. The van der Waals surface area contributed by atoms with E-state index in [2.05, 4.69) is 11.9 Å². The lowest BCUT2D eigenvalue weighted by Crippen LogP contribution is -2.29. The lowest BCUT2D eigenvalue weighted by atomic mass is 10.0. The van der Waals surface area contributed by atoms with E-state index in [4.69, 9.17) is 4.74 Å². The number of hydrogen-bond donors (Lipinski definition) is 0. The van der Waals surface area contributed by atoms with Crippen molar-refractivity contribution in [3.63, 3.8) is 0 Å². The van der Waals surface area contributed by atoms with Crippen molar-refractivity contribution in [2.45, 2.75) is 40.2 Å². The summed E-state index contributed by atoms with van der Waals surface area (Å²) in [6.45, 7) is 6.48. The van der Waals surface area contributed by atoms with Crippen molar-refractivity contribution in [1.82, 2.24) is 9.55 Å². The summed E-state index contributed by atoms with van der Waals surface area (Å²) in [4.78, 5) is 32.4. The second-order valence-electron chi connectivity index (χ2n) is 6.67. The van der Waals surface area contributed by atoms with Gasteiger partial charge < -0.3 is 4.74 Å². The highest BCUT2D eigenvalue weighted by molar-refractivity contribution is 7.18. The number of hydrogen-bond acceptors (Lipinski definition) is 5. The van der Waals surface area contributed by atoms with E-state index in [1.807, 2.05) is 38.1 Å². The molecule has 142 valence electrons. The van der Waals surface area contributed by atoms with Crippen LogP contribution >= 0.6 is 11.3 Å². The fraction of sp³-hybridized carbons (Fsp3) is 0.381. The minimum Gasteiger partial charge on any atom is -0.384 e. The lowest BCUT2D eigenvalue weighted by molar-refractivity contribution is 0.0968. The van der Waals surface area contributed by atoms with E-state index in [1.165, 1.54) is 15.9 Å². The van der Waals surface area contributed by atoms with E-state index in [-0.39, 0.29) is 17.9 Å². The second kappa shape index (κ2) is 8.15. The molecule has 0 N–H and O–H groups in total. The number of aryl methyl sites for hydroxylation is 3. The van der Waals surface area contributed by atoms with Gasteiger partial charge in [0, 0.05) is 24.0 Å². The van der Waals surface area contributed by atoms with Crippen LogP contribution in [0.25, 0.3) is 10.2 Å². The highest BCUT2D eigenvalue weighted by Gasteiger charge is 2.17. The number of ketones is 1. The number of rotatable bonds is 7. The Morgan fingerprint density at radius 2 is 2.00 bits per heavy atom. The summed E-state index contributed by atoms with van der Waals surface area (Å²) in [7, 11) is 1.61. The summed E-state index contributed by atoms with van der Waals surface area (Å²) in [5.41, 5.74) is 2.66. The first-order valence-corrected chi connectivity index (χ1v) is 9.87. The van der Waals surface area contributed by atoms with E-state index < -0.39 is 0 Å². The van der Waals surface area contributed by atoms with Gasteiger partial charge in [0.2, 0.25) is 0 Å². The highest BCUT2D eigenvalue weighted by atomic mass is 32.1. The quantitative estimate of drug-likeness (QED) is 0.583. The molecule has 0 radical (unpaired) electrons. The van der Waals surface area contributed by atoms with Crippen LogP contribution in [0.3, 0.4) is 0 Å². The molecule has 0 saturated heterocycles. The molecule has 5 nitrogen and oxygen atoms in total. The standard InChI is InChI=1S/C21H24N2O3S/c1-5-16-11-17-20(27-16)22-19(8-9-26-4)23(21(17)25)12-18(24)15-7-6-13(2)14(3)10-15/h6-7,10-11H,5,8-9,12H2,1-4H3. The van der Waals surface area contributed by atoms with Crippen LogP contribution in [0.5, 0.6) is 0 Å². The summed E-state index contributed by atoms with van der Waals surface area (Å²) >= 11 is 1.54. The van der Waals surface area contributed by atoms with E-state index in [1.54, 1.807) is 7.11 Å². The maximum Gasteiger partial charge on any atom is 0.262 e. The van der Waals surface area contributed by atoms with Crippen LogP contribution < -0.4 is 5.56 Å². The highest BCUT2D eigenvalue weighted by Crippen LogP contribution is 2.22. The molecule has 2 heterocycles. The van der Waals surface area contributed by atoms with Crippen LogP contribution in [-0.2, 0) is 24.1 Å². The largest absolute Gasteiger partial charge is 0.384 e. The number of ether oxygens (including phenoxy) is 1. The van der Waals surface area contributed by atoms with Crippen LogP contribution in [0.4, 0.5) is 0 Å². The van der Waals surface area contributed by atoms with Crippen molar-refractivity contribution in [3.05, 3.63) is 62.0 Å². The van der Waals surface area contributed by atoms with E-state index in [0.717, 1.165) is 27.3 Å². The van der Waals surface area contributed by atoms with E-state index >= 15 is 0 Å². The van der Waals surface area contributed by atoms with Gasteiger partial charge in [-0.05, 0) is 43.5 Å². The van der Waals surface area contributed by atoms with E-state index in [9.17, 15) is 9.59 Å². The molecule has 0 aliphatic heterocycles. The molecule has 0 fully saturated rings. The van der Waals surface area contributed by atoms with Crippen molar-refractivity contribution < 1.29 is 9.53 Å². The van der Waals surface area contributed by atoms with Gasteiger partial charge in [-0.25, -0.2) is 4.98 Å². The Hall–Kier alpha value is -2.31. The monoisotopic (exact) mass is 384 g/mol. The molecular formula is C21H24N2O3S. The third-order valence-electron chi connectivity index (χ3n) is 4.79. The Morgan fingerprint density at radius 3 is 2.67 bits per heavy atom. The van der Waals surface area contributed by atoms with Crippen molar-refractivity contribution in [3.8, 4) is 0 Å². The normalized spacial score (nSPS) is 11.3. The third kappa shape index (κ3) is 4.01. The van der Waals surface area contributed by atoms with Crippen molar-refractivity contribution in [2.24, 2.45) is 0 Å². The molecule has 1 aromatic carbocycles. The Kier molecular flexibility index (Phi) is 5.87. The maximum atomic E-state index is 13.1. The molecule has 3 rings (SSSR count). The Morgan fingerprint density at radius 1 is 1.22 bits per heavy atom. The number of methoxy groups -OCH3 is 1. The zero-order valence-electron chi connectivity index (χ0n) is 16.2. The Bertz CT molecular complexity index is 1050. The first-order chi connectivity index (χ1) is 12.9. The summed E-state index contributed by atoms with van der Waals surface area (Å²) in [6.07, 6.45) is 1.34. The third-order valence-corrected chi connectivity index (χ3v) is 5.96. The van der Waals surface area contributed by atoms with Gasteiger partial charge in [0.25, 0.3) is 5.56 Å². The summed E-state index contributed by atoms with van der Waals surface area (Å²) in [6, 6.07) is 7.52. The second-order valence-corrected chi connectivity index (χ2v) is 7.78. The summed E-state index contributed by atoms with van der Waals surface area (Å²) in [5, 5.41) is 0.589. The fourth-order valence-electron chi connectivity index (χ4n) is 2.98. The van der Waals surface area contributed by atoms with Crippen LogP contribution in [0, 0.1) is 13.8 Å². The SMILES string of the molecule is CCc1cc2c(=O)n(CC(=O)c3ccc(C)c(C)c3)c(CCOC)nc2s1. The minimum atomic E-state index is -0.153. The number of carbonyl (C=O) groups excluding carboxylic acids is 1. The van der Waals surface area contributed by atoms with Gasteiger partial charge in [0.05, 0.1) is 18.5 Å². The fourth-order valence-corrected chi connectivity index (χ4v) is 3.96. The zero-order chi connectivity index (χ0) is 19.6. The Balaban J connectivity index is 2.04. The number of benzene rings is 1. The average molecular weight is 385 g/mol. The predicted octanol–water partition coefficient (Wildman–Crippen LogP) is 3.71. The molecule has 6 heteroatoms. The number of carbonyl (C=O) groups is 1. The molecule has 0 bridgehead atoms. The molecule has 0 unspecified atom stereocenters. The van der Waals surface area contributed by atoms with Gasteiger partial charge in [0.15, 0.2) is 5.78 Å². The van der Waals surface area contributed by atoms with Crippen LogP contribution in [0.15, 0.2) is 29.1 Å². The first kappa shape index (κ1) is 19.5. The van der Waals surface area contributed by atoms with Gasteiger partial charge in [0.1, 0.15) is 10.7 Å². The van der Waals surface area contributed by atoms with Crippen molar-refractivity contribution in [2.75, 3.05) is 13.7 Å². The lowest BCUT2D eigenvalue weighted by Gasteiger charge is -2.12. The number of thiophene rings is 1. The van der Waals surface area contributed by atoms with Gasteiger partial charge in [-0.15, -0.1) is 11.3 Å². The van der Waals surface area contributed by atoms with Gasteiger partial charge in [-0.3, -0.25) is 14.2 Å². The molecule has 0 aliphatic rings. The molecule has 3 aromatic rings. The minimum absolute atomic E-state index is 0.0133. The van der Waals surface area contributed by atoms with Crippen LogP contribution in [0.1, 0.15) is 39.1 Å². The average Bonchev–Trinajstić information content (AvgIpc) is 3.08. The maximum absolute atomic E-state index is 13.1. The predicted molar refractivity (Wildman–Crippen MR) is 109 cm³/mol. The smallest absolute Gasteiger partial charge is 0.262 e. The van der Waals surface area contributed by atoms with Crippen molar-refractivity contribution >= 4 is 27.3 Å². The topological polar surface area (TPSA) is 61.2 Å². The van der Waals surface area contributed by atoms with Gasteiger partial charge >= 0.3 is 0 Å². The van der Waals surface area contributed by atoms with Gasteiger partial charge in [-0.1, -0.05) is 19.1 Å². The Labute approximate surface area is 162 Å². The molecule has 0 spiro atoms. The first-order valence-electron chi connectivity index (χ1n) is 9.06. The molecule has 0 saturated carbocycles. The zero-order valence-corrected chi connectivity index (χ0v) is 17.0. The number of aromatic nitrogens is 2. The summed E-state index contributed by atoms with van der Waals surface area (Å²) < 4.78 is 6.67. The summed E-state index contributed by atoms with van der Waals surface area (Å²) in [5.74, 6) is 0.502. The molecule has 27 heavy (non-hydrogen) atoms. The van der Waals surface area contributed by atoms with Crippen LogP contribution in [-0.4, -0.2) is 29.1 Å². The number of Topliss-reactive ketones (excluding diaryl/α,β-unsaturated/α-hetero) is 1.